The number of rotatable bonds is 7. The molecule has 124 valence electrons. The van der Waals surface area contributed by atoms with E-state index in [-0.39, 0.29) is 0 Å². The molecule has 0 bridgehead atoms. The second-order valence-electron chi connectivity index (χ2n) is 4.95. The van der Waals surface area contributed by atoms with Gasteiger partial charge in [-0.1, -0.05) is 35.4 Å². The van der Waals surface area contributed by atoms with Gasteiger partial charge in [-0.15, -0.1) is 0 Å². The normalized spacial score (nSPS) is 10.8. The lowest BCUT2D eigenvalue weighted by Crippen LogP contribution is -2.09. The first kappa shape index (κ1) is 15.9. The zero-order valence-corrected chi connectivity index (χ0v) is 12.6. The van der Waals surface area contributed by atoms with Gasteiger partial charge in [0.15, 0.2) is 0 Å². The smallest absolute Gasteiger partial charge is 0.272 e. The first-order valence-electron chi connectivity index (χ1n) is 7.30. The molecule has 0 radical (unpaired) electrons. The highest BCUT2D eigenvalue weighted by Gasteiger charge is 2.08. The Morgan fingerprint density at radius 2 is 1.92 bits per heavy atom. The second-order valence-corrected chi connectivity index (χ2v) is 4.95. The fourth-order valence-electron chi connectivity index (χ4n) is 2.13. The van der Waals surface area contributed by atoms with E-state index in [0.717, 1.165) is 11.3 Å². The van der Waals surface area contributed by atoms with Crippen LogP contribution < -0.4 is 10.1 Å². The zero-order chi connectivity index (χ0) is 16.8. The minimum absolute atomic E-state index is 0.400. The molecule has 0 amide bonds. The second kappa shape index (κ2) is 7.49. The third kappa shape index (κ3) is 4.03. The Hall–Kier alpha value is -3.03. The number of tetrazole rings is 1. The minimum atomic E-state index is -2.50. The van der Waals surface area contributed by atoms with Crippen LogP contribution in [0.15, 0.2) is 54.6 Å². The molecular formula is C16H15F2N5O. The first-order chi connectivity index (χ1) is 11.7. The predicted molar refractivity (Wildman–Crippen MR) is 84.4 cm³/mol. The van der Waals surface area contributed by atoms with Crippen molar-refractivity contribution in [1.82, 2.24) is 20.2 Å². The largest absolute Gasteiger partial charge is 0.488 e. The number of anilines is 1. The summed E-state index contributed by atoms with van der Waals surface area (Å²) in [5, 5.41) is 14.7. The van der Waals surface area contributed by atoms with Crippen molar-refractivity contribution in [1.29, 1.82) is 0 Å². The van der Waals surface area contributed by atoms with Crippen LogP contribution in [0.5, 0.6) is 5.75 Å². The number of ether oxygens (including phenoxy) is 1. The fourth-order valence-corrected chi connectivity index (χ4v) is 2.13. The van der Waals surface area contributed by atoms with Crippen LogP contribution in [0.4, 0.5) is 14.7 Å². The fraction of sp³-hybridized carbons (Fsp3) is 0.188. The van der Waals surface area contributed by atoms with Crippen molar-refractivity contribution in [3.05, 3.63) is 60.2 Å². The Morgan fingerprint density at radius 1 is 1.08 bits per heavy atom. The minimum Gasteiger partial charge on any atom is -0.488 e. The topological polar surface area (TPSA) is 64.9 Å². The summed E-state index contributed by atoms with van der Waals surface area (Å²) in [5.74, 6) is 0.886. The van der Waals surface area contributed by atoms with E-state index in [0.29, 0.717) is 18.2 Å². The molecule has 0 aliphatic heterocycles. The standard InChI is InChI=1S/C16H15F2N5O/c17-15(18)11-24-14-8-4-5-12(9-14)10-19-16-20-21-22-23(16)13-6-2-1-3-7-13/h1-9,15H,10-11H2,(H,19,20,22). The van der Waals surface area contributed by atoms with Gasteiger partial charge in [-0.2, -0.15) is 4.68 Å². The maximum atomic E-state index is 12.2. The van der Waals surface area contributed by atoms with E-state index in [4.69, 9.17) is 4.74 Å². The maximum Gasteiger partial charge on any atom is 0.272 e. The predicted octanol–water partition coefficient (Wildman–Crippen LogP) is 2.92. The van der Waals surface area contributed by atoms with Gasteiger partial charge in [0.2, 0.25) is 5.95 Å². The summed E-state index contributed by atoms with van der Waals surface area (Å²) in [7, 11) is 0. The zero-order valence-electron chi connectivity index (χ0n) is 12.6. The van der Waals surface area contributed by atoms with E-state index in [2.05, 4.69) is 20.8 Å². The van der Waals surface area contributed by atoms with Crippen molar-refractivity contribution in [3.8, 4) is 11.4 Å². The van der Waals surface area contributed by atoms with Crippen molar-refractivity contribution >= 4 is 5.95 Å². The number of hydrogen-bond acceptors (Lipinski definition) is 5. The Labute approximate surface area is 137 Å². The van der Waals surface area contributed by atoms with Gasteiger partial charge in [0.1, 0.15) is 12.4 Å². The highest BCUT2D eigenvalue weighted by molar-refractivity contribution is 5.39. The summed E-state index contributed by atoms with van der Waals surface area (Å²) >= 11 is 0. The van der Waals surface area contributed by atoms with Crippen molar-refractivity contribution < 1.29 is 13.5 Å². The third-order valence-corrected chi connectivity index (χ3v) is 3.20. The summed E-state index contributed by atoms with van der Waals surface area (Å²) in [6, 6.07) is 16.4. The number of nitrogens with one attached hydrogen (secondary N) is 1. The molecule has 0 saturated heterocycles. The van der Waals surface area contributed by atoms with E-state index in [1.165, 1.54) is 0 Å². The van der Waals surface area contributed by atoms with Crippen LogP contribution in [0.3, 0.4) is 0 Å². The molecule has 8 heteroatoms. The van der Waals surface area contributed by atoms with E-state index in [1.807, 2.05) is 36.4 Å². The van der Waals surface area contributed by atoms with E-state index >= 15 is 0 Å². The van der Waals surface area contributed by atoms with Gasteiger partial charge >= 0.3 is 0 Å². The lowest BCUT2D eigenvalue weighted by Gasteiger charge is -2.09. The summed E-state index contributed by atoms with van der Waals surface area (Å²) in [6.45, 7) is -0.192. The van der Waals surface area contributed by atoms with E-state index in [1.54, 1.807) is 22.9 Å². The number of benzene rings is 2. The van der Waals surface area contributed by atoms with Crippen LogP contribution in [0.1, 0.15) is 5.56 Å². The molecular weight excluding hydrogens is 316 g/mol. The molecule has 0 spiro atoms. The molecule has 3 rings (SSSR count). The number of para-hydroxylation sites is 1. The summed E-state index contributed by atoms with van der Waals surface area (Å²) in [5.41, 5.74) is 1.70. The molecule has 1 heterocycles. The van der Waals surface area contributed by atoms with Crippen molar-refractivity contribution in [2.45, 2.75) is 13.0 Å². The van der Waals surface area contributed by atoms with Crippen LogP contribution in [0.2, 0.25) is 0 Å². The third-order valence-electron chi connectivity index (χ3n) is 3.20. The van der Waals surface area contributed by atoms with Crippen LogP contribution in [0, 0.1) is 0 Å². The first-order valence-corrected chi connectivity index (χ1v) is 7.30. The summed E-state index contributed by atoms with van der Waals surface area (Å²) in [4.78, 5) is 0. The summed E-state index contributed by atoms with van der Waals surface area (Å²) < 4.78 is 31.0. The van der Waals surface area contributed by atoms with Gasteiger partial charge in [0, 0.05) is 6.54 Å². The van der Waals surface area contributed by atoms with Crippen LogP contribution in [-0.4, -0.2) is 33.2 Å². The Bertz CT molecular complexity index is 779. The summed E-state index contributed by atoms with van der Waals surface area (Å²) in [6.07, 6.45) is -2.50. The quantitative estimate of drug-likeness (QED) is 0.721. The van der Waals surface area contributed by atoms with Crippen molar-refractivity contribution in [2.24, 2.45) is 0 Å². The molecule has 6 nitrogen and oxygen atoms in total. The number of nitrogens with zero attached hydrogens (tertiary/aromatic N) is 4. The molecule has 0 fully saturated rings. The van der Waals surface area contributed by atoms with E-state index in [9.17, 15) is 8.78 Å². The number of aromatic nitrogens is 4. The average molecular weight is 331 g/mol. The van der Waals surface area contributed by atoms with Crippen LogP contribution >= 0.6 is 0 Å². The molecule has 0 aliphatic rings. The molecule has 0 saturated carbocycles. The Kier molecular flexibility index (Phi) is 4.95. The molecule has 1 N–H and O–H groups in total. The Balaban J connectivity index is 1.67. The lowest BCUT2D eigenvalue weighted by molar-refractivity contribution is 0.0818. The Morgan fingerprint density at radius 3 is 2.71 bits per heavy atom. The van der Waals surface area contributed by atoms with Crippen LogP contribution in [0.25, 0.3) is 5.69 Å². The maximum absolute atomic E-state index is 12.2. The molecule has 3 aromatic rings. The van der Waals surface area contributed by atoms with Crippen molar-refractivity contribution in [3.63, 3.8) is 0 Å². The van der Waals surface area contributed by atoms with Gasteiger partial charge in [-0.05, 0) is 40.3 Å². The van der Waals surface area contributed by atoms with Gasteiger partial charge in [-0.25, -0.2) is 8.78 Å². The molecule has 0 aliphatic carbocycles. The highest BCUT2D eigenvalue weighted by atomic mass is 19.3. The molecule has 0 unspecified atom stereocenters. The monoisotopic (exact) mass is 331 g/mol. The SMILES string of the molecule is FC(F)COc1cccc(CNc2nnnn2-c2ccccc2)c1. The molecule has 1 aromatic heterocycles. The van der Waals surface area contributed by atoms with Crippen molar-refractivity contribution in [2.75, 3.05) is 11.9 Å². The number of halogens is 2. The number of hydrogen-bond donors (Lipinski definition) is 1. The molecule has 2 aromatic carbocycles. The van der Waals surface area contributed by atoms with E-state index < -0.39 is 13.0 Å². The van der Waals surface area contributed by atoms with Gasteiger partial charge in [-0.3, -0.25) is 0 Å². The van der Waals surface area contributed by atoms with Gasteiger partial charge in [0.25, 0.3) is 6.43 Å². The van der Waals surface area contributed by atoms with Crippen LogP contribution in [-0.2, 0) is 6.54 Å². The lowest BCUT2D eigenvalue weighted by atomic mass is 10.2. The van der Waals surface area contributed by atoms with Gasteiger partial charge < -0.3 is 10.1 Å². The number of alkyl halides is 2. The molecule has 24 heavy (non-hydrogen) atoms. The van der Waals surface area contributed by atoms with Gasteiger partial charge in [0.05, 0.1) is 5.69 Å². The highest BCUT2D eigenvalue weighted by Crippen LogP contribution is 2.16. The average Bonchev–Trinajstić information content (AvgIpc) is 3.08. The molecule has 0 atom stereocenters.